The number of anilines is 4. The number of rotatable bonds is 11. The van der Waals surface area contributed by atoms with E-state index in [-0.39, 0.29) is 32.9 Å². The van der Waals surface area contributed by atoms with Crippen molar-refractivity contribution in [1.29, 1.82) is 0 Å². The zero-order valence-corrected chi connectivity index (χ0v) is 34.2. The molecule has 0 aliphatic heterocycles. The van der Waals surface area contributed by atoms with Gasteiger partial charge >= 0.3 is 0 Å². The minimum atomic E-state index is -3.72. The predicted molar refractivity (Wildman–Crippen MR) is 226 cm³/mol. The van der Waals surface area contributed by atoms with E-state index in [9.17, 15) is 35.2 Å². The van der Waals surface area contributed by atoms with Crippen molar-refractivity contribution in [2.75, 3.05) is 32.0 Å². The molecule has 0 atom stereocenters. The third-order valence-electron chi connectivity index (χ3n) is 7.70. The van der Waals surface area contributed by atoms with E-state index in [1.807, 2.05) is 59.3 Å². The van der Waals surface area contributed by atoms with E-state index in [4.69, 9.17) is 40.5 Å². The standard InChI is InChI=1S/C19H17ClFN3O3S.C10H10Cl2FNO3S.C10H9N/c1-2-9-28(26,27)24-16-8-7-14(20)17(18(16)21)19(25)23-13-10-12-5-3-4-6-15(12)22-11-13;1-2-5-18(16,17)14-7-4-3-6(11)8(9(7)13)10(12)15;11-10-6-5-8-3-1-2-4-9(8)7-10/h3-8,10-11,24H,2,9H2,1H3,(H,23,25);3-4,14H,2,5H2,1H3;1-7H,11H2. The summed E-state index contributed by atoms with van der Waals surface area (Å²) in [6.07, 6.45) is 2.19. The highest BCUT2D eigenvalue weighted by Gasteiger charge is 2.23. The van der Waals surface area contributed by atoms with E-state index in [2.05, 4.69) is 27.2 Å². The van der Waals surface area contributed by atoms with Crippen molar-refractivity contribution < 1.29 is 35.2 Å². The molecular weight excluding hydrogens is 843 g/mol. The molecule has 0 saturated carbocycles. The number of carbonyl (C=O) groups is 2. The van der Waals surface area contributed by atoms with E-state index < -0.39 is 54.0 Å². The van der Waals surface area contributed by atoms with Gasteiger partial charge < -0.3 is 11.1 Å². The van der Waals surface area contributed by atoms with Crippen molar-refractivity contribution >= 4 is 110 Å². The zero-order valence-electron chi connectivity index (χ0n) is 30.3. The number of nitrogen functional groups attached to an aromatic ring is 1. The Balaban J connectivity index is 0.000000211. The summed E-state index contributed by atoms with van der Waals surface area (Å²) in [6.45, 7) is 3.36. The van der Waals surface area contributed by atoms with Gasteiger partial charge in [0, 0.05) is 11.1 Å². The van der Waals surface area contributed by atoms with Crippen LogP contribution in [0.15, 0.2) is 103 Å². The van der Waals surface area contributed by atoms with Crippen LogP contribution in [-0.2, 0) is 20.0 Å². The fourth-order valence-corrected chi connectivity index (χ4v) is 8.13. The Morgan fingerprint density at radius 3 is 1.75 bits per heavy atom. The first-order valence-corrected chi connectivity index (χ1v) is 21.5. The molecule has 18 heteroatoms. The monoisotopic (exact) mass is 877 g/mol. The number of carbonyl (C=O) groups excluding carboxylic acids is 2. The second-order valence-corrected chi connectivity index (χ2v) is 17.0. The number of amides is 1. The van der Waals surface area contributed by atoms with Crippen LogP contribution in [0.1, 0.15) is 47.4 Å². The maximum absolute atomic E-state index is 14.8. The first-order valence-electron chi connectivity index (χ1n) is 17.0. The molecule has 0 aliphatic rings. The Labute approximate surface area is 343 Å². The lowest BCUT2D eigenvalue weighted by atomic mass is 10.1. The number of hydrogen-bond donors (Lipinski definition) is 4. The van der Waals surface area contributed by atoms with Crippen LogP contribution >= 0.6 is 34.8 Å². The number of sulfonamides is 2. The van der Waals surface area contributed by atoms with Gasteiger partial charge in [-0.25, -0.2) is 25.6 Å². The number of nitrogens with one attached hydrogen (secondary N) is 3. The number of fused-ring (bicyclic) bond motifs is 2. The average Bonchev–Trinajstić information content (AvgIpc) is 3.14. The summed E-state index contributed by atoms with van der Waals surface area (Å²) >= 11 is 16.8. The average molecular weight is 879 g/mol. The molecule has 11 nitrogen and oxygen atoms in total. The van der Waals surface area contributed by atoms with Crippen molar-refractivity contribution in [3.05, 3.63) is 136 Å². The van der Waals surface area contributed by atoms with Crippen LogP contribution in [0.2, 0.25) is 10.0 Å². The first-order chi connectivity index (χ1) is 26.9. The number of hydrogen-bond acceptors (Lipinski definition) is 8. The molecule has 57 heavy (non-hydrogen) atoms. The van der Waals surface area contributed by atoms with Crippen LogP contribution in [0, 0.1) is 11.6 Å². The SMILES string of the molecule is CCCS(=O)(=O)Nc1ccc(Cl)c(C(=O)Cl)c1F.CCCS(=O)(=O)Nc1ccc(Cl)c(C(=O)Nc2cnc3ccccc3c2)c1F.Nc1ccc2ccccc2c1. The molecule has 0 aliphatic carbocycles. The molecule has 1 amide bonds. The van der Waals surface area contributed by atoms with E-state index in [0.717, 1.165) is 22.7 Å². The third kappa shape index (κ3) is 12.5. The number of aromatic nitrogens is 1. The molecule has 0 fully saturated rings. The first kappa shape index (κ1) is 44.7. The lowest BCUT2D eigenvalue weighted by molar-refractivity contribution is 0.102. The summed E-state index contributed by atoms with van der Waals surface area (Å²) in [4.78, 5) is 27.8. The molecule has 300 valence electrons. The molecule has 0 spiro atoms. The van der Waals surface area contributed by atoms with Crippen LogP contribution in [-0.4, -0.2) is 44.5 Å². The third-order valence-corrected chi connectivity index (χ3v) is 11.5. The fraction of sp³-hybridized carbons (Fsp3) is 0.154. The number of nitrogens with zero attached hydrogens (tertiary/aromatic N) is 1. The van der Waals surface area contributed by atoms with Gasteiger partial charge in [-0.05, 0) is 83.7 Å². The van der Waals surface area contributed by atoms with Crippen molar-refractivity contribution in [2.45, 2.75) is 26.7 Å². The molecule has 5 N–H and O–H groups in total. The van der Waals surface area contributed by atoms with Gasteiger partial charge in [-0.2, -0.15) is 0 Å². The Morgan fingerprint density at radius 1 is 0.684 bits per heavy atom. The highest BCUT2D eigenvalue weighted by molar-refractivity contribution is 7.92. The Bertz CT molecular complexity index is 2650. The normalized spacial score (nSPS) is 11.1. The van der Waals surface area contributed by atoms with Crippen LogP contribution in [0.25, 0.3) is 21.7 Å². The molecule has 0 unspecified atom stereocenters. The molecule has 0 saturated heterocycles. The van der Waals surface area contributed by atoms with Gasteiger partial charge in [0.25, 0.3) is 11.1 Å². The molecule has 6 aromatic rings. The summed E-state index contributed by atoms with van der Waals surface area (Å²) in [5.41, 5.74) is 5.87. The Kier molecular flexibility index (Phi) is 15.6. The zero-order chi connectivity index (χ0) is 41.9. The van der Waals surface area contributed by atoms with E-state index >= 15 is 0 Å². The fourth-order valence-electron chi connectivity index (χ4n) is 5.17. The number of halogens is 5. The Morgan fingerprint density at radius 2 is 1.19 bits per heavy atom. The quantitative estimate of drug-likeness (QED) is 0.0734. The minimum absolute atomic E-state index is 0.137. The van der Waals surface area contributed by atoms with Gasteiger partial charge in [0.2, 0.25) is 20.0 Å². The van der Waals surface area contributed by atoms with E-state index in [0.29, 0.717) is 18.5 Å². The number of para-hydroxylation sites is 1. The van der Waals surface area contributed by atoms with Crippen molar-refractivity contribution in [1.82, 2.24) is 4.98 Å². The second-order valence-electron chi connectivity index (χ2n) is 12.2. The molecular formula is C39H36Cl3F2N5O6S2. The van der Waals surface area contributed by atoms with Gasteiger partial charge in [0.15, 0.2) is 11.6 Å². The van der Waals surface area contributed by atoms with Gasteiger partial charge in [-0.15, -0.1) is 0 Å². The second kappa shape index (κ2) is 19.9. The topological polar surface area (TPSA) is 177 Å². The number of nitrogens with two attached hydrogens (primary N) is 1. The summed E-state index contributed by atoms with van der Waals surface area (Å²) in [7, 11) is -7.37. The number of pyridine rings is 1. The predicted octanol–water partition coefficient (Wildman–Crippen LogP) is 9.86. The van der Waals surface area contributed by atoms with Gasteiger partial charge in [-0.1, -0.05) is 85.6 Å². The van der Waals surface area contributed by atoms with E-state index in [1.54, 1.807) is 19.9 Å². The lowest BCUT2D eigenvalue weighted by Gasteiger charge is -2.13. The Hall–Kier alpha value is -5.06. The molecule has 0 radical (unpaired) electrons. The largest absolute Gasteiger partial charge is 0.399 e. The van der Waals surface area contributed by atoms with Crippen LogP contribution in [0.3, 0.4) is 0 Å². The molecule has 0 bridgehead atoms. The smallest absolute Gasteiger partial charge is 0.260 e. The lowest BCUT2D eigenvalue weighted by Crippen LogP contribution is -2.20. The summed E-state index contributed by atoms with van der Waals surface area (Å²) in [5.74, 6) is -3.25. The molecule has 1 heterocycles. The maximum Gasteiger partial charge on any atom is 0.260 e. The summed E-state index contributed by atoms with van der Waals surface area (Å²) in [6, 6.07) is 27.9. The van der Waals surface area contributed by atoms with Crippen molar-refractivity contribution in [2.24, 2.45) is 0 Å². The molecule has 5 aromatic carbocycles. The van der Waals surface area contributed by atoms with Crippen LogP contribution in [0.4, 0.5) is 31.5 Å². The number of benzene rings is 5. The van der Waals surface area contributed by atoms with Crippen molar-refractivity contribution in [3.8, 4) is 0 Å². The van der Waals surface area contributed by atoms with Crippen LogP contribution in [0.5, 0.6) is 0 Å². The molecule has 6 rings (SSSR count). The van der Waals surface area contributed by atoms with Gasteiger partial charge in [0.05, 0.1) is 61.5 Å². The highest BCUT2D eigenvalue weighted by Crippen LogP contribution is 2.29. The highest BCUT2D eigenvalue weighted by atomic mass is 35.5. The minimum Gasteiger partial charge on any atom is -0.399 e. The van der Waals surface area contributed by atoms with Crippen LogP contribution < -0.4 is 20.5 Å². The van der Waals surface area contributed by atoms with Gasteiger partial charge in [-0.3, -0.25) is 24.0 Å². The maximum atomic E-state index is 14.8. The van der Waals surface area contributed by atoms with E-state index in [1.165, 1.54) is 35.2 Å². The summed E-state index contributed by atoms with van der Waals surface area (Å²) < 4.78 is 79.6. The van der Waals surface area contributed by atoms with Gasteiger partial charge in [0.1, 0.15) is 0 Å². The van der Waals surface area contributed by atoms with Crippen molar-refractivity contribution in [3.63, 3.8) is 0 Å². The summed E-state index contributed by atoms with van der Waals surface area (Å²) in [5, 5.41) is 4.38. The molecule has 1 aromatic heterocycles.